The van der Waals surface area contributed by atoms with Gasteiger partial charge in [0.15, 0.2) is 11.7 Å². The fourth-order valence-corrected chi connectivity index (χ4v) is 1.42. The van der Waals surface area contributed by atoms with Crippen LogP contribution in [0.2, 0.25) is 0 Å². The largest absolute Gasteiger partial charge is 0.481 e. The van der Waals surface area contributed by atoms with Crippen LogP contribution in [0.1, 0.15) is 12.5 Å². The van der Waals surface area contributed by atoms with Crippen molar-refractivity contribution in [1.29, 1.82) is 0 Å². The Morgan fingerprint density at radius 1 is 1.53 bits per heavy atom. The molecule has 0 saturated heterocycles. The lowest BCUT2D eigenvalue weighted by Gasteiger charge is -2.06. The molecule has 0 spiro atoms. The third-order valence-electron chi connectivity index (χ3n) is 1.98. The number of carbonyl (C=O) groups is 1. The molecule has 7 heteroatoms. The molecule has 0 aliphatic carbocycles. The molecule has 102 valence electrons. The molecule has 0 heterocycles. The molecule has 0 radical (unpaired) electrons. The van der Waals surface area contributed by atoms with Gasteiger partial charge in [-0.2, -0.15) is 5.10 Å². The normalized spacial score (nSPS) is 10.2. The van der Waals surface area contributed by atoms with Crippen LogP contribution < -0.4 is 15.5 Å². The van der Waals surface area contributed by atoms with Crippen LogP contribution in [-0.2, 0) is 4.79 Å². The maximum atomic E-state index is 10.5. The molecule has 0 aromatic heterocycles. The minimum Gasteiger partial charge on any atom is -0.481 e. The summed E-state index contributed by atoms with van der Waals surface area (Å²) in [5.74, 6) is -0.581. The van der Waals surface area contributed by atoms with Crippen LogP contribution in [0.5, 0.6) is 5.75 Å². The molecule has 1 rings (SSSR count). The Balaban J connectivity index is 2.64. The second-order valence-corrected chi connectivity index (χ2v) is 3.86. The van der Waals surface area contributed by atoms with E-state index in [0.29, 0.717) is 23.0 Å². The van der Waals surface area contributed by atoms with E-state index >= 15 is 0 Å². The number of hydrogen-bond acceptors (Lipinski definition) is 4. The lowest BCUT2D eigenvalue weighted by Crippen LogP contribution is -2.31. The lowest BCUT2D eigenvalue weighted by atomic mass is 10.2. The number of nitrogens with zero attached hydrogens (tertiary/aromatic N) is 1. The topological polar surface area (TPSA) is 83.0 Å². The first-order valence-electron chi connectivity index (χ1n) is 5.64. The minimum atomic E-state index is -1.03. The van der Waals surface area contributed by atoms with E-state index in [4.69, 9.17) is 22.1 Å². The van der Waals surface area contributed by atoms with E-state index in [1.165, 1.54) is 6.21 Å². The van der Waals surface area contributed by atoms with Gasteiger partial charge < -0.3 is 15.2 Å². The Morgan fingerprint density at radius 2 is 2.26 bits per heavy atom. The van der Waals surface area contributed by atoms with Gasteiger partial charge in [-0.05, 0) is 31.3 Å². The third-order valence-corrected chi connectivity index (χ3v) is 2.21. The van der Waals surface area contributed by atoms with E-state index in [1.807, 2.05) is 6.92 Å². The Kier molecular flexibility index (Phi) is 6.31. The zero-order chi connectivity index (χ0) is 14.1. The van der Waals surface area contributed by atoms with Crippen molar-refractivity contribution in [2.45, 2.75) is 6.92 Å². The molecule has 19 heavy (non-hydrogen) atoms. The molecular weight excluding hydrogens is 266 g/mol. The predicted molar refractivity (Wildman–Crippen MR) is 76.6 cm³/mol. The Hall–Kier alpha value is -2.15. The molecule has 0 aliphatic rings. The van der Waals surface area contributed by atoms with Crippen LogP contribution >= 0.6 is 12.2 Å². The average molecular weight is 281 g/mol. The number of ether oxygens (including phenoxy) is 1. The van der Waals surface area contributed by atoms with Gasteiger partial charge in [0, 0.05) is 12.1 Å². The minimum absolute atomic E-state index is 0.395. The Morgan fingerprint density at radius 3 is 2.95 bits per heavy atom. The number of rotatable bonds is 6. The summed E-state index contributed by atoms with van der Waals surface area (Å²) < 4.78 is 5.14. The standard InChI is InChI=1S/C12H15N3O3S/c1-2-13-12(19)15-14-7-9-5-3-4-6-10(9)18-8-11(16)17/h3-7H,2,8H2,1H3,(H,16,17)(H2,13,15,19)/b14-7+. The fourth-order valence-electron chi connectivity index (χ4n) is 1.22. The number of hydrazone groups is 1. The molecule has 0 bridgehead atoms. The first-order valence-corrected chi connectivity index (χ1v) is 6.04. The first-order chi connectivity index (χ1) is 9.13. The van der Waals surface area contributed by atoms with Crippen LogP contribution in [-0.4, -0.2) is 35.6 Å². The van der Waals surface area contributed by atoms with Crippen molar-refractivity contribution in [3.63, 3.8) is 0 Å². The number of carboxylic acid groups (broad SMARTS) is 1. The number of para-hydroxylation sites is 1. The Labute approximate surface area is 116 Å². The van der Waals surface area contributed by atoms with E-state index in [0.717, 1.165) is 0 Å². The van der Waals surface area contributed by atoms with Gasteiger partial charge in [0.2, 0.25) is 0 Å². The van der Waals surface area contributed by atoms with Crippen molar-refractivity contribution in [2.24, 2.45) is 5.10 Å². The number of hydrogen-bond donors (Lipinski definition) is 3. The number of thiocarbonyl (C=S) groups is 1. The predicted octanol–water partition coefficient (Wildman–Crippen LogP) is 0.968. The average Bonchev–Trinajstić information content (AvgIpc) is 2.38. The second kappa shape index (κ2) is 8.04. The molecule has 3 N–H and O–H groups in total. The van der Waals surface area contributed by atoms with Gasteiger partial charge in [-0.25, -0.2) is 4.79 Å². The van der Waals surface area contributed by atoms with Gasteiger partial charge in [-0.15, -0.1) is 0 Å². The molecule has 0 aliphatic heterocycles. The number of carboxylic acids is 1. The summed E-state index contributed by atoms with van der Waals surface area (Å²) in [5, 5.41) is 15.8. The first kappa shape index (κ1) is 14.9. The van der Waals surface area contributed by atoms with Gasteiger partial charge in [0.05, 0.1) is 6.21 Å². The molecule has 0 amide bonds. The van der Waals surface area contributed by atoms with Crippen molar-refractivity contribution in [1.82, 2.24) is 10.7 Å². The fraction of sp³-hybridized carbons (Fsp3) is 0.250. The summed E-state index contributed by atoms with van der Waals surface area (Å²) in [4.78, 5) is 10.5. The van der Waals surface area contributed by atoms with Crippen molar-refractivity contribution in [2.75, 3.05) is 13.2 Å². The molecular formula is C12H15N3O3S. The van der Waals surface area contributed by atoms with Crippen molar-refractivity contribution in [3.05, 3.63) is 29.8 Å². The highest BCUT2D eigenvalue weighted by Crippen LogP contribution is 2.15. The van der Waals surface area contributed by atoms with Gasteiger partial charge >= 0.3 is 5.97 Å². The molecule has 0 unspecified atom stereocenters. The second-order valence-electron chi connectivity index (χ2n) is 3.45. The van der Waals surface area contributed by atoms with Gasteiger partial charge in [-0.1, -0.05) is 12.1 Å². The number of nitrogens with one attached hydrogen (secondary N) is 2. The molecule has 0 saturated carbocycles. The van der Waals surface area contributed by atoms with Crippen LogP contribution in [0.3, 0.4) is 0 Å². The van der Waals surface area contributed by atoms with Gasteiger partial charge in [0.1, 0.15) is 5.75 Å². The van der Waals surface area contributed by atoms with Gasteiger partial charge in [-0.3, -0.25) is 5.43 Å². The van der Waals surface area contributed by atoms with Crippen LogP contribution in [0.15, 0.2) is 29.4 Å². The lowest BCUT2D eigenvalue weighted by molar-refractivity contribution is -0.139. The zero-order valence-electron chi connectivity index (χ0n) is 10.4. The van der Waals surface area contributed by atoms with Crippen LogP contribution in [0, 0.1) is 0 Å². The summed E-state index contributed by atoms with van der Waals surface area (Å²) in [5.41, 5.74) is 3.30. The van der Waals surface area contributed by atoms with E-state index in [1.54, 1.807) is 24.3 Å². The number of benzene rings is 1. The van der Waals surface area contributed by atoms with E-state index in [-0.39, 0.29) is 0 Å². The third kappa shape index (κ3) is 5.82. The molecule has 6 nitrogen and oxygen atoms in total. The van der Waals surface area contributed by atoms with Crippen LogP contribution in [0.25, 0.3) is 0 Å². The maximum Gasteiger partial charge on any atom is 0.341 e. The van der Waals surface area contributed by atoms with E-state index in [2.05, 4.69) is 15.8 Å². The van der Waals surface area contributed by atoms with Crippen LogP contribution in [0.4, 0.5) is 0 Å². The van der Waals surface area contributed by atoms with Crippen molar-refractivity contribution < 1.29 is 14.6 Å². The maximum absolute atomic E-state index is 10.5. The summed E-state index contributed by atoms with van der Waals surface area (Å²) in [6, 6.07) is 6.99. The summed E-state index contributed by atoms with van der Waals surface area (Å²) in [6.45, 7) is 2.24. The SMILES string of the molecule is CCNC(=S)N/N=C/c1ccccc1OCC(=O)O. The summed E-state index contributed by atoms with van der Waals surface area (Å²) in [6.07, 6.45) is 1.51. The highest BCUT2D eigenvalue weighted by Gasteiger charge is 2.03. The molecule has 0 atom stereocenters. The number of aliphatic carboxylic acids is 1. The molecule has 1 aromatic carbocycles. The quantitative estimate of drug-likeness (QED) is 0.409. The zero-order valence-corrected chi connectivity index (χ0v) is 11.2. The van der Waals surface area contributed by atoms with Gasteiger partial charge in [0.25, 0.3) is 0 Å². The van der Waals surface area contributed by atoms with E-state index in [9.17, 15) is 4.79 Å². The summed E-state index contributed by atoms with van der Waals surface area (Å²) in [7, 11) is 0. The highest BCUT2D eigenvalue weighted by atomic mass is 32.1. The van der Waals surface area contributed by atoms with Crippen molar-refractivity contribution in [3.8, 4) is 5.75 Å². The highest BCUT2D eigenvalue weighted by molar-refractivity contribution is 7.80. The van der Waals surface area contributed by atoms with E-state index < -0.39 is 12.6 Å². The smallest absolute Gasteiger partial charge is 0.341 e. The summed E-state index contributed by atoms with van der Waals surface area (Å²) >= 11 is 4.94. The monoisotopic (exact) mass is 281 g/mol. The van der Waals surface area contributed by atoms with Crippen molar-refractivity contribution >= 4 is 29.5 Å². The molecule has 1 aromatic rings. The molecule has 0 fully saturated rings. The Bertz CT molecular complexity index is 477.